The molecule has 9 heteroatoms. The van der Waals surface area contributed by atoms with Crippen LogP contribution in [0.2, 0.25) is 0 Å². The molecule has 0 bridgehead atoms. The highest BCUT2D eigenvalue weighted by Crippen LogP contribution is 2.45. The van der Waals surface area contributed by atoms with Crippen LogP contribution < -0.4 is 0 Å². The molecule has 0 aliphatic carbocycles. The molecule has 8 nitrogen and oxygen atoms in total. The van der Waals surface area contributed by atoms with Crippen LogP contribution in [0, 0.1) is 17.7 Å². The Morgan fingerprint density at radius 3 is 2.41 bits per heavy atom. The minimum Gasteiger partial charge on any atom is -0.483 e. The molecule has 2 heterocycles. The van der Waals surface area contributed by atoms with Crippen LogP contribution in [0.5, 0.6) is 0 Å². The summed E-state index contributed by atoms with van der Waals surface area (Å²) < 4.78 is 13.8. The van der Waals surface area contributed by atoms with Gasteiger partial charge in [-0.1, -0.05) is 12.1 Å². The van der Waals surface area contributed by atoms with Crippen LogP contribution in [-0.2, 0) is 9.59 Å². The Labute approximate surface area is 170 Å². The molecule has 0 aromatic heterocycles. The minimum absolute atomic E-state index is 0.0696. The first-order chi connectivity index (χ1) is 13.7. The van der Waals surface area contributed by atoms with Crippen LogP contribution in [0.1, 0.15) is 11.6 Å². The van der Waals surface area contributed by atoms with Gasteiger partial charge in [-0.15, -0.1) is 0 Å². The Kier molecular flexibility index (Phi) is 7.55. The van der Waals surface area contributed by atoms with Crippen LogP contribution in [0.3, 0.4) is 0 Å². The van der Waals surface area contributed by atoms with E-state index >= 15 is 0 Å². The predicted molar refractivity (Wildman–Crippen MR) is 106 cm³/mol. The van der Waals surface area contributed by atoms with Crippen LogP contribution in [-0.4, -0.2) is 97.5 Å². The number of halogens is 1. The lowest BCUT2D eigenvalue weighted by Gasteiger charge is -2.32. The van der Waals surface area contributed by atoms with E-state index in [0.29, 0.717) is 26.2 Å². The predicted octanol–water partition coefficient (Wildman–Crippen LogP) is 1.20. The Bertz CT molecular complexity index is 743. The number of fused-ring (bicyclic) bond motifs is 1. The van der Waals surface area contributed by atoms with E-state index in [4.69, 9.17) is 9.90 Å². The number of rotatable bonds is 3. The van der Waals surface area contributed by atoms with E-state index in [9.17, 15) is 14.0 Å². The molecule has 3 amide bonds. The summed E-state index contributed by atoms with van der Waals surface area (Å²) in [6, 6.07) is 6.20. The topological polar surface area (TPSA) is 84.4 Å². The average Bonchev–Trinajstić information content (AvgIpc) is 3.18. The molecule has 2 aliphatic heterocycles. The van der Waals surface area contributed by atoms with Gasteiger partial charge >= 0.3 is 6.03 Å². The summed E-state index contributed by atoms with van der Waals surface area (Å²) in [6.07, 6.45) is 0. The van der Waals surface area contributed by atoms with Gasteiger partial charge in [0.2, 0.25) is 5.91 Å². The smallest absolute Gasteiger partial charge is 0.320 e. The van der Waals surface area contributed by atoms with E-state index in [-0.39, 0.29) is 42.1 Å². The van der Waals surface area contributed by atoms with Crippen molar-refractivity contribution in [1.82, 2.24) is 19.6 Å². The third kappa shape index (κ3) is 5.23. The molecule has 160 valence electrons. The van der Waals surface area contributed by atoms with Crippen molar-refractivity contribution in [2.75, 3.05) is 54.4 Å². The maximum absolute atomic E-state index is 13.8. The van der Waals surface area contributed by atoms with Gasteiger partial charge in [-0.05, 0) is 31.8 Å². The molecule has 0 saturated carbocycles. The molecular formula is C20H29FN4O4. The van der Waals surface area contributed by atoms with E-state index in [0.717, 1.165) is 5.56 Å². The Morgan fingerprint density at radius 1 is 1.21 bits per heavy atom. The Hall–Kier alpha value is -2.68. The van der Waals surface area contributed by atoms with Gasteiger partial charge in [-0.2, -0.15) is 0 Å². The number of amides is 3. The van der Waals surface area contributed by atoms with Crippen molar-refractivity contribution in [3.05, 3.63) is 35.6 Å². The van der Waals surface area contributed by atoms with Gasteiger partial charge < -0.3 is 24.7 Å². The van der Waals surface area contributed by atoms with Crippen LogP contribution >= 0.6 is 0 Å². The number of carboxylic acid groups (broad SMARTS) is 1. The first-order valence-corrected chi connectivity index (χ1v) is 9.43. The summed E-state index contributed by atoms with van der Waals surface area (Å²) in [6.45, 7) is 1.98. The molecule has 0 radical (unpaired) electrons. The molecule has 29 heavy (non-hydrogen) atoms. The van der Waals surface area contributed by atoms with Gasteiger partial charge in [0.05, 0.1) is 12.6 Å². The Balaban J connectivity index is 0.000000941. The highest BCUT2D eigenvalue weighted by molar-refractivity contribution is 5.79. The maximum Gasteiger partial charge on any atom is 0.320 e. The van der Waals surface area contributed by atoms with Gasteiger partial charge in [0, 0.05) is 45.6 Å². The van der Waals surface area contributed by atoms with Gasteiger partial charge in [0.25, 0.3) is 6.47 Å². The fraction of sp³-hybridized carbons (Fsp3) is 0.550. The monoisotopic (exact) mass is 408 g/mol. The maximum atomic E-state index is 13.8. The van der Waals surface area contributed by atoms with E-state index in [1.54, 1.807) is 25.1 Å². The van der Waals surface area contributed by atoms with E-state index in [1.807, 2.05) is 34.9 Å². The van der Waals surface area contributed by atoms with Crippen molar-refractivity contribution in [2.45, 2.75) is 6.04 Å². The number of likely N-dealkylation sites (tertiary alicyclic amines) is 2. The number of carbonyl (C=O) groups excluding carboxylic acids is 2. The second kappa shape index (κ2) is 9.69. The lowest BCUT2D eigenvalue weighted by atomic mass is 9.89. The number of urea groups is 1. The van der Waals surface area contributed by atoms with Crippen molar-refractivity contribution in [1.29, 1.82) is 0 Å². The molecule has 3 rings (SSSR count). The third-order valence-corrected chi connectivity index (χ3v) is 5.29. The first-order valence-electron chi connectivity index (χ1n) is 9.43. The van der Waals surface area contributed by atoms with Gasteiger partial charge in [0.1, 0.15) is 5.82 Å². The summed E-state index contributed by atoms with van der Waals surface area (Å²) in [5.74, 6) is 0.153. The van der Waals surface area contributed by atoms with Crippen molar-refractivity contribution in [3.8, 4) is 0 Å². The molecule has 2 aliphatic rings. The standard InChI is InChI=1S/C19H27FN4O2.CH2O2/c1-21(2)12-17(25)23-9-14-10-24(19(26)22(3)4)18(16(14)11-23)13-6-5-7-15(20)8-13;2-1-3/h5-8,14,16,18H,9-12H2,1-4H3;1H,(H,2,3)/t14-,16-,18+;/m1./s1. The fourth-order valence-electron chi connectivity index (χ4n) is 4.19. The number of benzene rings is 1. The van der Waals surface area contributed by atoms with E-state index in [1.165, 1.54) is 12.1 Å². The SMILES string of the molecule is CN(C)CC(=O)N1C[C@@H]2CN(C(=O)N(C)C)[C@@H](c3cccc(F)c3)[C@@H]2C1.O=CO. The Morgan fingerprint density at radius 2 is 1.86 bits per heavy atom. The average molecular weight is 408 g/mol. The summed E-state index contributed by atoms with van der Waals surface area (Å²) in [4.78, 5) is 40.6. The third-order valence-electron chi connectivity index (χ3n) is 5.29. The number of likely N-dealkylation sites (N-methyl/N-ethyl adjacent to an activating group) is 1. The van der Waals surface area contributed by atoms with Crippen molar-refractivity contribution < 1.29 is 23.9 Å². The molecule has 1 aromatic rings. The zero-order valence-corrected chi connectivity index (χ0v) is 17.3. The molecule has 1 N–H and O–H groups in total. The molecule has 1 aromatic carbocycles. The van der Waals surface area contributed by atoms with Gasteiger partial charge in [-0.3, -0.25) is 9.59 Å². The molecular weight excluding hydrogens is 379 g/mol. The highest BCUT2D eigenvalue weighted by Gasteiger charge is 2.50. The summed E-state index contributed by atoms with van der Waals surface area (Å²) >= 11 is 0. The molecule has 2 fully saturated rings. The first kappa shape index (κ1) is 22.6. The summed E-state index contributed by atoms with van der Waals surface area (Å²) in [5.41, 5.74) is 0.801. The lowest BCUT2D eigenvalue weighted by Crippen LogP contribution is -2.43. The van der Waals surface area contributed by atoms with Gasteiger partial charge in [0.15, 0.2) is 0 Å². The second-order valence-corrected chi connectivity index (χ2v) is 7.90. The van der Waals surface area contributed by atoms with E-state index < -0.39 is 0 Å². The minimum atomic E-state index is -0.304. The molecule has 2 saturated heterocycles. The zero-order valence-electron chi connectivity index (χ0n) is 17.3. The summed E-state index contributed by atoms with van der Waals surface area (Å²) in [7, 11) is 7.21. The van der Waals surface area contributed by atoms with E-state index in [2.05, 4.69) is 0 Å². The van der Waals surface area contributed by atoms with Crippen LogP contribution in [0.25, 0.3) is 0 Å². The number of hydrogen-bond acceptors (Lipinski definition) is 4. The largest absolute Gasteiger partial charge is 0.483 e. The van der Waals surface area contributed by atoms with Gasteiger partial charge in [-0.25, -0.2) is 9.18 Å². The van der Waals surface area contributed by atoms with Crippen LogP contribution in [0.4, 0.5) is 9.18 Å². The quantitative estimate of drug-likeness (QED) is 0.760. The van der Waals surface area contributed by atoms with Crippen molar-refractivity contribution >= 4 is 18.4 Å². The number of carbonyl (C=O) groups is 3. The van der Waals surface area contributed by atoms with Crippen LogP contribution in [0.15, 0.2) is 24.3 Å². The number of hydrogen-bond donors (Lipinski definition) is 1. The highest BCUT2D eigenvalue weighted by atomic mass is 19.1. The van der Waals surface area contributed by atoms with Crippen molar-refractivity contribution in [2.24, 2.45) is 11.8 Å². The molecule has 0 unspecified atom stereocenters. The number of nitrogens with zero attached hydrogens (tertiary/aromatic N) is 4. The zero-order chi connectivity index (χ0) is 21.7. The van der Waals surface area contributed by atoms with Crippen molar-refractivity contribution in [3.63, 3.8) is 0 Å². The normalized spacial score (nSPS) is 22.8. The summed E-state index contributed by atoms with van der Waals surface area (Å²) in [5, 5.41) is 6.89. The fourth-order valence-corrected chi connectivity index (χ4v) is 4.19. The molecule has 0 spiro atoms. The lowest BCUT2D eigenvalue weighted by molar-refractivity contribution is -0.131. The second-order valence-electron chi connectivity index (χ2n) is 7.90. The molecule has 3 atom stereocenters.